The Balaban J connectivity index is 2.41. The van der Waals surface area contributed by atoms with Crippen LogP contribution in [0.5, 0.6) is 0 Å². The average Bonchev–Trinajstić information content (AvgIpc) is 2.62. The van der Waals surface area contributed by atoms with Crippen molar-refractivity contribution >= 4 is 23.2 Å². The van der Waals surface area contributed by atoms with Gasteiger partial charge in [-0.1, -0.05) is 35.3 Å². The van der Waals surface area contributed by atoms with Crippen molar-refractivity contribution in [3.8, 4) is 18.2 Å². The average molecular weight is 369 g/mol. The third kappa shape index (κ3) is 2.40. The summed E-state index contributed by atoms with van der Waals surface area (Å²) in [4.78, 5) is 0. The van der Waals surface area contributed by atoms with E-state index in [4.69, 9.17) is 28.9 Å². The van der Waals surface area contributed by atoms with E-state index in [1.807, 2.05) is 6.08 Å². The SMILES string of the molecule is N#CC1=C(N)C(C#N)(C#N)[C@H](c2c(Cl)cccc2Cl)[C@@H]2CCCC=C12. The van der Waals surface area contributed by atoms with E-state index in [1.54, 1.807) is 18.2 Å². The van der Waals surface area contributed by atoms with Gasteiger partial charge < -0.3 is 5.73 Å². The molecule has 2 aliphatic rings. The molecule has 0 aromatic heterocycles. The Morgan fingerprint density at radius 2 is 1.76 bits per heavy atom. The summed E-state index contributed by atoms with van der Waals surface area (Å²) in [6, 6.07) is 11.3. The normalized spacial score (nSPS) is 24.4. The number of nitrogens with two attached hydrogens (primary N) is 1. The molecular weight excluding hydrogens is 355 g/mol. The zero-order valence-corrected chi connectivity index (χ0v) is 14.8. The summed E-state index contributed by atoms with van der Waals surface area (Å²) < 4.78 is 0. The predicted molar refractivity (Wildman–Crippen MR) is 95.1 cm³/mol. The number of fused-ring (bicyclic) bond motifs is 1. The topological polar surface area (TPSA) is 97.4 Å². The maximum absolute atomic E-state index is 9.93. The van der Waals surface area contributed by atoms with Crippen LogP contribution in [0.25, 0.3) is 0 Å². The van der Waals surface area contributed by atoms with Crippen LogP contribution in [0, 0.1) is 45.3 Å². The molecule has 6 heteroatoms. The van der Waals surface area contributed by atoms with Crippen LogP contribution >= 0.6 is 23.2 Å². The van der Waals surface area contributed by atoms with Gasteiger partial charge in [-0.3, -0.25) is 0 Å². The zero-order chi connectivity index (χ0) is 18.2. The Bertz CT molecular complexity index is 890. The van der Waals surface area contributed by atoms with Gasteiger partial charge in [0.15, 0.2) is 5.41 Å². The zero-order valence-electron chi connectivity index (χ0n) is 13.3. The van der Waals surface area contributed by atoms with Crippen molar-refractivity contribution in [1.29, 1.82) is 15.8 Å². The van der Waals surface area contributed by atoms with Gasteiger partial charge in [0, 0.05) is 16.0 Å². The lowest BCUT2D eigenvalue weighted by Gasteiger charge is -2.43. The molecular formula is C19H14Cl2N4. The van der Waals surface area contributed by atoms with Crippen molar-refractivity contribution in [2.75, 3.05) is 0 Å². The molecule has 2 N–H and O–H groups in total. The van der Waals surface area contributed by atoms with E-state index in [1.165, 1.54) is 0 Å². The number of halogens is 2. The molecule has 0 bridgehead atoms. The van der Waals surface area contributed by atoms with Crippen LogP contribution < -0.4 is 5.73 Å². The molecule has 0 spiro atoms. The van der Waals surface area contributed by atoms with E-state index in [2.05, 4.69) is 18.2 Å². The smallest absolute Gasteiger partial charge is 0.191 e. The second-order valence-corrected chi connectivity index (χ2v) is 7.06. The summed E-state index contributed by atoms with van der Waals surface area (Å²) >= 11 is 12.8. The van der Waals surface area contributed by atoms with Crippen LogP contribution in [-0.2, 0) is 0 Å². The van der Waals surface area contributed by atoms with Gasteiger partial charge in [0.1, 0.15) is 6.07 Å². The highest BCUT2D eigenvalue weighted by Gasteiger charge is 2.54. The van der Waals surface area contributed by atoms with Crippen LogP contribution in [0.1, 0.15) is 30.7 Å². The van der Waals surface area contributed by atoms with E-state index >= 15 is 0 Å². The third-order valence-corrected chi connectivity index (χ3v) is 5.77. The number of nitrogens with zero attached hydrogens (tertiary/aromatic N) is 3. The number of allylic oxidation sites excluding steroid dienone is 4. The molecule has 1 aromatic rings. The van der Waals surface area contributed by atoms with Gasteiger partial charge in [0.05, 0.1) is 23.4 Å². The summed E-state index contributed by atoms with van der Waals surface area (Å²) in [5.74, 6) is -0.820. The lowest BCUT2D eigenvalue weighted by atomic mass is 9.56. The minimum absolute atomic E-state index is 0.00890. The molecule has 0 saturated heterocycles. The van der Waals surface area contributed by atoms with Crippen LogP contribution in [-0.4, -0.2) is 0 Å². The fraction of sp³-hybridized carbons (Fsp3) is 0.316. The second-order valence-electron chi connectivity index (χ2n) is 6.24. The lowest BCUT2D eigenvalue weighted by Crippen LogP contribution is -2.42. The first-order chi connectivity index (χ1) is 12.0. The van der Waals surface area contributed by atoms with Crippen molar-refractivity contribution in [3.05, 3.63) is 56.7 Å². The molecule has 0 unspecified atom stereocenters. The predicted octanol–water partition coefficient (Wildman–Crippen LogP) is 4.59. The first kappa shape index (κ1) is 17.4. The monoisotopic (exact) mass is 368 g/mol. The minimum Gasteiger partial charge on any atom is -0.399 e. The molecule has 0 heterocycles. The molecule has 0 aliphatic heterocycles. The minimum atomic E-state index is -1.68. The van der Waals surface area contributed by atoms with Gasteiger partial charge in [0.25, 0.3) is 0 Å². The molecule has 0 fully saturated rings. The molecule has 1 aromatic carbocycles. The fourth-order valence-electron chi connectivity index (χ4n) is 3.99. The summed E-state index contributed by atoms with van der Waals surface area (Å²) in [5.41, 5.74) is 6.11. The van der Waals surface area contributed by atoms with Crippen LogP contribution in [0.15, 0.2) is 41.1 Å². The van der Waals surface area contributed by atoms with Crippen molar-refractivity contribution in [3.63, 3.8) is 0 Å². The molecule has 2 atom stereocenters. The molecule has 3 rings (SSSR count). The van der Waals surface area contributed by atoms with Crippen LogP contribution in [0.4, 0.5) is 0 Å². The standard InChI is InChI=1S/C19H14Cl2N4/c20-14-6-3-7-15(21)16(14)17-12-5-2-1-4-11(12)13(8-22)18(25)19(17,9-23)10-24/h3-4,6-7,12,17H,1-2,5,25H2/t12-,17+/m1/s1. The molecule has 25 heavy (non-hydrogen) atoms. The van der Waals surface area contributed by atoms with Crippen molar-refractivity contribution in [1.82, 2.24) is 0 Å². The number of nitriles is 3. The van der Waals surface area contributed by atoms with Gasteiger partial charge in [-0.15, -0.1) is 0 Å². The van der Waals surface area contributed by atoms with E-state index in [0.29, 0.717) is 15.6 Å². The Morgan fingerprint density at radius 1 is 1.12 bits per heavy atom. The van der Waals surface area contributed by atoms with Gasteiger partial charge in [-0.05, 0) is 48.4 Å². The molecule has 0 amide bonds. The molecule has 0 saturated carbocycles. The Morgan fingerprint density at radius 3 is 2.32 bits per heavy atom. The Hall–Kier alpha value is -2.45. The van der Waals surface area contributed by atoms with E-state index in [0.717, 1.165) is 24.8 Å². The number of hydrogen-bond donors (Lipinski definition) is 1. The van der Waals surface area contributed by atoms with E-state index in [9.17, 15) is 15.8 Å². The van der Waals surface area contributed by atoms with Crippen LogP contribution in [0.2, 0.25) is 10.0 Å². The maximum Gasteiger partial charge on any atom is 0.191 e. The van der Waals surface area contributed by atoms with Crippen LogP contribution in [0.3, 0.4) is 0 Å². The number of benzene rings is 1. The van der Waals surface area contributed by atoms with E-state index < -0.39 is 11.3 Å². The third-order valence-electron chi connectivity index (χ3n) is 5.11. The maximum atomic E-state index is 9.93. The highest BCUT2D eigenvalue weighted by atomic mass is 35.5. The highest BCUT2D eigenvalue weighted by molar-refractivity contribution is 6.36. The first-order valence-corrected chi connectivity index (χ1v) is 8.64. The largest absolute Gasteiger partial charge is 0.399 e. The summed E-state index contributed by atoms with van der Waals surface area (Å²) in [6.07, 6.45) is 4.45. The summed E-state index contributed by atoms with van der Waals surface area (Å²) in [6.45, 7) is 0. The summed E-state index contributed by atoms with van der Waals surface area (Å²) in [5, 5.41) is 30.2. The number of rotatable bonds is 1. The Kier molecular flexibility index (Phi) is 4.49. The van der Waals surface area contributed by atoms with Crippen molar-refractivity contribution < 1.29 is 0 Å². The van der Waals surface area contributed by atoms with Crippen molar-refractivity contribution in [2.45, 2.75) is 25.2 Å². The molecule has 4 nitrogen and oxygen atoms in total. The van der Waals surface area contributed by atoms with Crippen molar-refractivity contribution in [2.24, 2.45) is 17.1 Å². The lowest BCUT2D eigenvalue weighted by molar-refractivity contribution is 0.317. The Labute approximate surface area is 156 Å². The molecule has 2 aliphatic carbocycles. The molecule has 124 valence electrons. The summed E-state index contributed by atoms with van der Waals surface area (Å²) in [7, 11) is 0. The quantitative estimate of drug-likeness (QED) is 0.783. The van der Waals surface area contributed by atoms with Gasteiger partial charge in [-0.2, -0.15) is 15.8 Å². The first-order valence-electron chi connectivity index (χ1n) is 7.89. The molecule has 0 radical (unpaired) electrons. The number of hydrogen-bond acceptors (Lipinski definition) is 4. The van der Waals surface area contributed by atoms with Gasteiger partial charge in [-0.25, -0.2) is 0 Å². The van der Waals surface area contributed by atoms with Gasteiger partial charge in [0.2, 0.25) is 0 Å². The fourth-order valence-corrected chi connectivity index (χ4v) is 4.63. The second kappa shape index (κ2) is 6.45. The van der Waals surface area contributed by atoms with E-state index in [-0.39, 0.29) is 17.2 Å². The van der Waals surface area contributed by atoms with Gasteiger partial charge >= 0.3 is 0 Å². The highest BCUT2D eigenvalue weighted by Crippen LogP contribution is 2.57.